The first-order chi connectivity index (χ1) is 17.3. The van der Waals surface area contributed by atoms with Gasteiger partial charge >= 0.3 is 0 Å². The zero-order chi connectivity index (χ0) is 25.7. The Morgan fingerprint density at radius 3 is 2.61 bits per heavy atom. The number of hydrogen-bond acceptors (Lipinski definition) is 6. The van der Waals surface area contributed by atoms with Gasteiger partial charge in [-0.2, -0.15) is 0 Å². The smallest absolute Gasteiger partial charge is 0.251 e. The molecule has 0 aliphatic carbocycles. The topological polar surface area (TPSA) is 79.4 Å². The summed E-state index contributed by atoms with van der Waals surface area (Å²) >= 11 is 0. The van der Waals surface area contributed by atoms with Crippen LogP contribution >= 0.6 is 0 Å². The van der Waals surface area contributed by atoms with Gasteiger partial charge in [0.05, 0.1) is 36.5 Å². The number of rotatable bonds is 9. The molecule has 0 bridgehead atoms. The van der Waals surface area contributed by atoms with E-state index < -0.39 is 11.6 Å². The van der Waals surface area contributed by atoms with Crippen molar-refractivity contribution < 1.29 is 18.3 Å². The number of ether oxygens (including phenoxy) is 1. The third-order valence-electron chi connectivity index (χ3n) is 6.28. The van der Waals surface area contributed by atoms with Crippen LogP contribution in [-0.4, -0.2) is 48.7 Å². The molecular formula is C27H33F2N5O2. The van der Waals surface area contributed by atoms with Crippen LogP contribution in [0.3, 0.4) is 0 Å². The molecule has 0 saturated carbocycles. The Balaban J connectivity index is 1.66. The summed E-state index contributed by atoms with van der Waals surface area (Å²) in [7, 11) is 0. The number of fused-ring (bicyclic) bond motifs is 1. The molecule has 1 saturated heterocycles. The number of morpholine rings is 1. The van der Waals surface area contributed by atoms with Gasteiger partial charge in [0.15, 0.2) is 11.6 Å². The summed E-state index contributed by atoms with van der Waals surface area (Å²) in [5.41, 5.74) is 2.89. The van der Waals surface area contributed by atoms with E-state index in [1.54, 1.807) is 18.3 Å². The molecule has 1 aliphatic heterocycles. The zero-order valence-corrected chi connectivity index (χ0v) is 21.0. The molecule has 2 heterocycles. The van der Waals surface area contributed by atoms with Crippen molar-refractivity contribution in [2.45, 2.75) is 39.7 Å². The fourth-order valence-electron chi connectivity index (χ4n) is 4.27. The van der Waals surface area contributed by atoms with Crippen molar-refractivity contribution in [1.82, 2.24) is 15.3 Å². The van der Waals surface area contributed by atoms with Gasteiger partial charge in [-0.1, -0.05) is 13.8 Å². The van der Waals surface area contributed by atoms with E-state index in [0.717, 1.165) is 49.4 Å². The Hall–Kier alpha value is -3.33. The normalized spacial score (nSPS) is 14.8. The lowest BCUT2D eigenvalue weighted by Crippen LogP contribution is -2.36. The molecule has 2 N–H and O–H groups in total. The molecule has 1 unspecified atom stereocenters. The standard InChI is InChI=1S/C27H33F2N5O2/c1-17(2)5-4-8-30-27(35)19-13-21(18(3)32-20-6-7-22(28)23(29)15-20)26-24(14-19)31-16-25(33-26)34-9-11-36-12-10-34/h6-7,13-18,32H,4-5,8-12H2,1-3H3,(H,30,35). The summed E-state index contributed by atoms with van der Waals surface area (Å²) in [6.07, 6.45) is 3.66. The lowest BCUT2D eigenvalue weighted by Gasteiger charge is -2.28. The fraction of sp³-hybridized carbons (Fsp3) is 0.444. The largest absolute Gasteiger partial charge is 0.378 e. The SMILES string of the molecule is CC(C)CCCNC(=O)c1cc(C(C)Nc2ccc(F)c(F)c2)c2nc(N3CCOCC3)cnc2c1. The van der Waals surface area contributed by atoms with Crippen LogP contribution in [0.2, 0.25) is 0 Å². The van der Waals surface area contributed by atoms with E-state index in [1.807, 2.05) is 6.92 Å². The predicted molar refractivity (Wildman–Crippen MR) is 137 cm³/mol. The van der Waals surface area contributed by atoms with Crippen LogP contribution in [0.1, 0.15) is 55.6 Å². The van der Waals surface area contributed by atoms with Gasteiger partial charge < -0.3 is 20.3 Å². The number of halogens is 2. The number of benzene rings is 2. The average molecular weight is 498 g/mol. The summed E-state index contributed by atoms with van der Waals surface area (Å²) in [6.45, 7) is 9.47. The first-order valence-corrected chi connectivity index (χ1v) is 12.4. The van der Waals surface area contributed by atoms with Gasteiger partial charge in [-0.3, -0.25) is 9.78 Å². The van der Waals surface area contributed by atoms with Crippen molar-refractivity contribution in [3.63, 3.8) is 0 Å². The summed E-state index contributed by atoms with van der Waals surface area (Å²) in [6, 6.07) is 6.87. The van der Waals surface area contributed by atoms with E-state index in [2.05, 4.69) is 34.4 Å². The van der Waals surface area contributed by atoms with Gasteiger partial charge in [0.1, 0.15) is 5.82 Å². The highest BCUT2D eigenvalue weighted by molar-refractivity contribution is 5.98. The lowest BCUT2D eigenvalue weighted by atomic mass is 10.0. The second-order valence-corrected chi connectivity index (χ2v) is 9.55. The number of carbonyl (C=O) groups excluding carboxylic acids is 1. The molecule has 1 amide bonds. The molecule has 0 radical (unpaired) electrons. The molecule has 36 heavy (non-hydrogen) atoms. The molecular weight excluding hydrogens is 464 g/mol. The molecule has 3 aromatic rings. The Kier molecular flexibility index (Phi) is 8.30. The van der Waals surface area contributed by atoms with Crippen LogP contribution in [0.5, 0.6) is 0 Å². The maximum Gasteiger partial charge on any atom is 0.251 e. The average Bonchev–Trinajstić information content (AvgIpc) is 2.88. The summed E-state index contributed by atoms with van der Waals surface area (Å²) in [5, 5.41) is 6.20. The van der Waals surface area contributed by atoms with Gasteiger partial charge in [0.2, 0.25) is 0 Å². The molecule has 1 aromatic heterocycles. The number of amides is 1. The first-order valence-electron chi connectivity index (χ1n) is 12.4. The number of anilines is 2. The van der Waals surface area contributed by atoms with Crippen molar-refractivity contribution in [3.05, 3.63) is 59.3 Å². The van der Waals surface area contributed by atoms with Crippen molar-refractivity contribution in [2.75, 3.05) is 43.1 Å². The summed E-state index contributed by atoms with van der Waals surface area (Å²) in [5.74, 6) is -0.705. The third kappa shape index (κ3) is 6.26. The van der Waals surface area contributed by atoms with Crippen molar-refractivity contribution in [3.8, 4) is 0 Å². The van der Waals surface area contributed by atoms with Crippen LogP contribution in [0.25, 0.3) is 11.0 Å². The lowest BCUT2D eigenvalue weighted by molar-refractivity contribution is 0.0952. The van der Waals surface area contributed by atoms with E-state index in [-0.39, 0.29) is 11.9 Å². The molecule has 1 fully saturated rings. The van der Waals surface area contributed by atoms with E-state index in [4.69, 9.17) is 9.72 Å². The Bertz CT molecular complexity index is 1210. The van der Waals surface area contributed by atoms with E-state index >= 15 is 0 Å². The van der Waals surface area contributed by atoms with Crippen molar-refractivity contribution in [2.24, 2.45) is 5.92 Å². The molecule has 1 aliphatic rings. The van der Waals surface area contributed by atoms with Crippen LogP contribution in [0.15, 0.2) is 36.5 Å². The van der Waals surface area contributed by atoms with Gasteiger partial charge in [0.25, 0.3) is 5.91 Å². The first kappa shape index (κ1) is 25.8. The molecule has 9 heteroatoms. The fourth-order valence-corrected chi connectivity index (χ4v) is 4.27. The minimum Gasteiger partial charge on any atom is -0.378 e. The number of nitrogens with one attached hydrogen (secondary N) is 2. The highest BCUT2D eigenvalue weighted by Crippen LogP contribution is 2.29. The summed E-state index contributed by atoms with van der Waals surface area (Å²) < 4.78 is 32.7. The number of nitrogens with zero attached hydrogens (tertiary/aromatic N) is 3. The van der Waals surface area contributed by atoms with Crippen LogP contribution in [0.4, 0.5) is 20.3 Å². The third-order valence-corrected chi connectivity index (χ3v) is 6.28. The van der Waals surface area contributed by atoms with Gasteiger partial charge in [0, 0.05) is 42.5 Å². The molecule has 192 valence electrons. The highest BCUT2D eigenvalue weighted by Gasteiger charge is 2.20. The molecule has 7 nitrogen and oxygen atoms in total. The maximum absolute atomic E-state index is 13.8. The van der Waals surface area contributed by atoms with E-state index in [9.17, 15) is 13.6 Å². The second kappa shape index (κ2) is 11.6. The zero-order valence-electron chi connectivity index (χ0n) is 21.0. The molecule has 0 spiro atoms. The van der Waals surface area contributed by atoms with Gasteiger partial charge in [-0.15, -0.1) is 0 Å². The van der Waals surface area contributed by atoms with Gasteiger partial charge in [-0.25, -0.2) is 13.8 Å². The van der Waals surface area contributed by atoms with Crippen LogP contribution < -0.4 is 15.5 Å². The number of aromatic nitrogens is 2. The second-order valence-electron chi connectivity index (χ2n) is 9.55. The number of hydrogen-bond donors (Lipinski definition) is 2. The van der Waals surface area contributed by atoms with Crippen LogP contribution in [0, 0.1) is 17.6 Å². The minimum atomic E-state index is -0.930. The van der Waals surface area contributed by atoms with Crippen LogP contribution in [-0.2, 0) is 4.74 Å². The minimum absolute atomic E-state index is 0.180. The quantitative estimate of drug-likeness (QED) is 0.401. The maximum atomic E-state index is 13.8. The Labute approximate surface area is 210 Å². The Morgan fingerprint density at radius 1 is 1.11 bits per heavy atom. The highest BCUT2D eigenvalue weighted by atomic mass is 19.2. The van der Waals surface area contributed by atoms with Crippen molar-refractivity contribution >= 4 is 28.4 Å². The Morgan fingerprint density at radius 2 is 1.89 bits per heavy atom. The molecule has 2 aromatic carbocycles. The van der Waals surface area contributed by atoms with Crippen molar-refractivity contribution in [1.29, 1.82) is 0 Å². The van der Waals surface area contributed by atoms with E-state index in [0.29, 0.717) is 48.0 Å². The number of carbonyl (C=O) groups is 1. The molecule has 1 atom stereocenters. The van der Waals surface area contributed by atoms with E-state index in [1.165, 1.54) is 6.07 Å². The monoisotopic (exact) mass is 497 g/mol. The molecule has 4 rings (SSSR count). The van der Waals surface area contributed by atoms with Gasteiger partial charge in [-0.05, 0) is 49.9 Å². The predicted octanol–water partition coefficient (Wildman–Crippen LogP) is 5.08. The summed E-state index contributed by atoms with van der Waals surface area (Å²) in [4.78, 5) is 24.6.